The number of esters is 2. The van der Waals surface area contributed by atoms with Gasteiger partial charge in [0.2, 0.25) is 0 Å². The molecule has 5 nitrogen and oxygen atoms in total. The van der Waals surface area contributed by atoms with Crippen molar-refractivity contribution in [2.24, 2.45) is 0 Å². The minimum atomic E-state index is -0.684. The van der Waals surface area contributed by atoms with Crippen LogP contribution in [0.25, 0.3) is 0 Å². The van der Waals surface area contributed by atoms with Gasteiger partial charge in [0.15, 0.2) is 6.61 Å². The predicted molar refractivity (Wildman–Crippen MR) is 83.0 cm³/mol. The summed E-state index contributed by atoms with van der Waals surface area (Å²) in [7, 11) is 1.20. The van der Waals surface area contributed by atoms with Gasteiger partial charge >= 0.3 is 11.9 Å². The number of methoxy groups -OCH3 is 1. The Morgan fingerprint density at radius 3 is 2.48 bits per heavy atom. The van der Waals surface area contributed by atoms with Crippen molar-refractivity contribution < 1.29 is 24.2 Å². The zero-order chi connectivity index (χ0) is 16.7. The van der Waals surface area contributed by atoms with Crippen LogP contribution in [0.2, 0.25) is 0 Å². The highest BCUT2D eigenvalue weighted by Crippen LogP contribution is 2.20. The molecule has 0 saturated heterocycles. The van der Waals surface area contributed by atoms with Crippen molar-refractivity contribution in [3.8, 4) is 17.6 Å². The van der Waals surface area contributed by atoms with Gasteiger partial charge in [-0.3, -0.25) is 0 Å². The van der Waals surface area contributed by atoms with Gasteiger partial charge in [-0.2, -0.15) is 0 Å². The van der Waals surface area contributed by atoms with Crippen LogP contribution < -0.4 is 0 Å². The quantitative estimate of drug-likeness (QED) is 0.696. The number of phenolic OH excluding ortho intramolecular Hbond substituents is 1. The summed E-state index contributed by atoms with van der Waals surface area (Å²) in [6.07, 6.45) is 0. The fourth-order valence-electron chi connectivity index (χ4n) is 1.79. The van der Waals surface area contributed by atoms with Crippen LogP contribution in [-0.2, 0) is 9.47 Å². The molecule has 0 aliphatic rings. The smallest absolute Gasteiger partial charge is 0.341 e. The minimum Gasteiger partial charge on any atom is -0.507 e. The molecule has 0 unspecified atom stereocenters. The number of benzene rings is 2. The Morgan fingerprint density at radius 2 is 1.83 bits per heavy atom. The first-order chi connectivity index (χ1) is 11.1. The van der Waals surface area contributed by atoms with Crippen molar-refractivity contribution in [2.45, 2.75) is 0 Å². The van der Waals surface area contributed by atoms with E-state index in [0.717, 1.165) is 11.6 Å². The van der Waals surface area contributed by atoms with Gasteiger partial charge in [-0.15, -0.1) is 0 Å². The SMILES string of the molecule is COC(=O)c1ccc(C(=O)OCC#Cc2ccccc2)cc1O. The van der Waals surface area contributed by atoms with E-state index in [1.54, 1.807) is 0 Å². The highest BCUT2D eigenvalue weighted by atomic mass is 16.5. The summed E-state index contributed by atoms with van der Waals surface area (Å²) in [5.41, 5.74) is 0.924. The standard InChI is InChI=1S/C18H14O5/c1-22-18(21)15-10-9-14(12-16(15)19)17(20)23-11-5-8-13-6-3-2-4-7-13/h2-4,6-7,9-10,12,19H,11H2,1H3. The third kappa shape index (κ3) is 4.35. The Balaban J connectivity index is 1.98. The normalized spacial score (nSPS) is 9.43. The molecule has 0 atom stereocenters. The zero-order valence-corrected chi connectivity index (χ0v) is 12.4. The fourth-order valence-corrected chi connectivity index (χ4v) is 1.79. The summed E-state index contributed by atoms with van der Waals surface area (Å²) in [6, 6.07) is 13.1. The molecule has 0 spiro atoms. The predicted octanol–water partition coefficient (Wildman–Crippen LogP) is 2.39. The molecule has 2 rings (SSSR count). The van der Waals surface area contributed by atoms with Gasteiger partial charge in [0.25, 0.3) is 0 Å². The first kappa shape index (κ1) is 16.1. The lowest BCUT2D eigenvalue weighted by Gasteiger charge is -2.05. The van der Waals surface area contributed by atoms with Crippen molar-refractivity contribution in [2.75, 3.05) is 13.7 Å². The molecule has 0 aromatic heterocycles. The van der Waals surface area contributed by atoms with Gasteiger partial charge in [0, 0.05) is 5.56 Å². The average molecular weight is 310 g/mol. The minimum absolute atomic E-state index is 0.0204. The Hall–Kier alpha value is -3.26. The summed E-state index contributed by atoms with van der Waals surface area (Å²) in [5.74, 6) is 3.91. The molecule has 0 heterocycles. The summed E-state index contributed by atoms with van der Waals surface area (Å²) in [5, 5.41) is 9.73. The molecule has 0 aliphatic heterocycles. The summed E-state index contributed by atoms with van der Waals surface area (Å²) in [6.45, 7) is -0.0761. The maximum atomic E-state index is 11.8. The molecule has 5 heteroatoms. The molecule has 0 bridgehead atoms. The van der Waals surface area contributed by atoms with E-state index in [0.29, 0.717) is 0 Å². The summed E-state index contributed by atoms with van der Waals surface area (Å²) in [4.78, 5) is 23.2. The van der Waals surface area contributed by atoms with E-state index >= 15 is 0 Å². The van der Waals surface area contributed by atoms with Crippen LogP contribution in [0.5, 0.6) is 5.75 Å². The number of rotatable bonds is 3. The zero-order valence-electron chi connectivity index (χ0n) is 12.4. The van der Waals surface area contributed by atoms with Crippen molar-refractivity contribution in [1.29, 1.82) is 0 Å². The van der Waals surface area contributed by atoms with Crippen LogP contribution in [0.1, 0.15) is 26.3 Å². The maximum absolute atomic E-state index is 11.8. The van der Waals surface area contributed by atoms with Gasteiger partial charge < -0.3 is 14.6 Å². The van der Waals surface area contributed by atoms with Crippen molar-refractivity contribution in [3.63, 3.8) is 0 Å². The number of ether oxygens (including phenoxy) is 2. The Kier molecular flexibility index (Phi) is 5.37. The molecule has 0 radical (unpaired) electrons. The lowest BCUT2D eigenvalue weighted by Crippen LogP contribution is -2.07. The van der Waals surface area contributed by atoms with E-state index in [1.165, 1.54) is 19.2 Å². The molecular formula is C18H14O5. The molecule has 2 aromatic carbocycles. The highest BCUT2D eigenvalue weighted by Gasteiger charge is 2.15. The van der Waals surface area contributed by atoms with Gasteiger partial charge in [-0.25, -0.2) is 9.59 Å². The molecule has 0 amide bonds. The van der Waals surface area contributed by atoms with Crippen LogP contribution in [0, 0.1) is 11.8 Å². The molecule has 116 valence electrons. The summed E-state index contributed by atoms with van der Waals surface area (Å²) < 4.78 is 9.50. The number of aromatic hydroxyl groups is 1. The lowest BCUT2D eigenvalue weighted by atomic mass is 10.1. The van der Waals surface area contributed by atoms with E-state index in [9.17, 15) is 14.7 Å². The Labute approximate surface area is 133 Å². The fraction of sp³-hybridized carbons (Fsp3) is 0.111. The molecule has 0 fully saturated rings. The second-order valence-electron chi connectivity index (χ2n) is 4.47. The topological polar surface area (TPSA) is 72.8 Å². The van der Waals surface area contributed by atoms with E-state index in [1.807, 2.05) is 30.3 Å². The van der Waals surface area contributed by atoms with E-state index in [-0.39, 0.29) is 23.5 Å². The third-order valence-electron chi connectivity index (χ3n) is 2.92. The van der Waals surface area contributed by atoms with E-state index < -0.39 is 11.9 Å². The average Bonchev–Trinajstić information content (AvgIpc) is 2.58. The molecule has 23 heavy (non-hydrogen) atoms. The van der Waals surface area contributed by atoms with Crippen LogP contribution in [-0.4, -0.2) is 30.8 Å². The number of hydrogen-bond donors (Lipinski definition) is 1. The van der Waals surface area contributed by atoms with E-state index in [2.05, 4.69) is 16.6 Å². The summed E-state index contributed by atoms with van der Waals surface area (Å²) >= 11 is 0. The largest absolute Gasteiger partial charge is 0.507 e. The first-order valence-corrected chi connectivity index (χ1v) is 6.74. The van der Waals surface area contributed by atoms with Crippen LogP contribution in [0.15, 0.2) is 48.5 Å². The molecule has 0 aliphatic carbocycles. The number of carbonyl (C=O) groups is 2. The van der Waals surface area contributed by atoms with Crippen LogP contribution in [0.4, 0.5) is 0 Å². The van der Waals surface area contributed by atoms with Gasteiger partial charge in [0.05, 0.1) is 12.7 Å². The monoisotopic (exact) mass is 310 g/mol. The Bertz CT molecular complexity index is 769. The molecule has 1 N–H and O–H groups in total. The number of hydrogen-bond acceptors (Lipinski definition) is 5. The number of phenols is 1. The van der Waals surface area contributed by atoms with Gasteiger partial charge in [-0.1, -0.05) is 30.0 Å². The number of carbonyl (C=O) groups excluding carboxylic acids is 2. The first-order valence-electron chi connectivity index (χ1n) is 6.74. The van der Waals surface area contributed by atoms with Gasteiger partial charge in [-0.05, 0) is 30.3 Å². The second kappa shape index (κ2) is 7.66. The molecular weight excluding hydrogens is 296 g/mol. The third-order valence-corrected chi connectivity index (χ3v) is 2.92. The lowest BCUT2D eigenvalue weighted by molar-refractivity contribution is 0.0551. The maximum Gasteiger partial charge on any atom is 0.341 e. The van der Waals surface area contributed by atoms with Crippen LogP contribution >= 0.6 is 0 Å². The van der Waals surface area contributed by atoms with Gasteiger partial charge in [0.1, 0.15) is 11.3 Å². The van der Waals surface area contributed by atoms with E-state index in [4.69, 9.17) is 4.74 Å². The second-order valence-corrected chi connectivity index (χ2v) is 4.47. The molecule has 0 saturated carbocycles. The van der Waals surface area contributed by atoms with Crippen LogP contribution in [0.3, 0.4) is 0 Å². The van der Waals surface area contributed by atoms with Crippen molar-refractivity contribution in [1.82, 2.24) is 0 Å². The molecule has 2 aromatic rings. The Morgan fingerprint density at radius 1 is 1.09 bits per heavy atom. The van der Waals surface area contributed by atoms with Crippen molar-refractivity contribution >= 4 is 11.9 Å². The van der Waals surface area contributed by atoms with Crippen molar-refractivity contribution in [3.05, 3.63) is 65.2 Å². The highest BCUT2D eigenvalue weighted by molar-refractivity contribution is 5.95.